The zero-order valence-corrected chi connectivity index (χ0v) is 11.2. The number of piperidine rings is 1. The van der Waals surface area contributed by atoms with Gasteiger partial charge in [-0.1, -0.05) is 6.92 Å². The van der Waals surface area contributed by atoms with Crippen LogP contribution >= 0.6 is 0 Å². The standard InChI is InChI=1S/C12H22N2O4/c1-8(2)14(7-11(16)17)12(18)13-5-4-9(3)10(15)6-13/h8-10,15H,4-7H2,1-3H3,(H,16,17). The summed E-state index contributed by atoms with van der Waals surface area (Å²) in [6.07, 6.45) is 0.216. The van der Waals surface area contributed by atoms with E-state index in [1.807, 2.05) is 6.92 Å². The molecule has 2 unspecified atom stereocenters. The number of aliphatic carboxylic acids is 1. The SMILES string of the molecule is CC1CCN(C(=O)N(CC(=O)O)C(C)C)CC1O. The largest absolute Gasteiger partial charge is 0.480 e. The van der Waals surface area contributed by atoms with Gasteiger partial charge in [-0.25, -0.2) is 4.79 Å². The van der Waals surface area contributed by atoms with E-state index in [0.29, 0.717) is 6.54 Å². The van der Waals surface area contributed by atoms with Crippen LogP contribution in [0.2, 0.25) is 0 Å². The number of aliphatic hydroxyl groups excluding tert-OH is 1. The van der Waals surface area contributed by atoms with Gasteiger partial charge in [0.05, 0.1) is 6.10 Å². The van der Waals surface area contributed by atoms with E-state index < -0.39 is 12.1 Å². The van der Waals surface area contributed by atoms with Crippen LogP contribution in [0, 0.1) is 5.92 Å². The van der Waals surface area contributed by atoms with Gasteiger partial charge in [-0.3, -0.25) is 4.79 Å². The number of hydrogen-bond donors (Lipinski definition) is 2. The lowest BCUT2D eigenvalue weighted by Crippen LogP contribution is -2.53. The second-order valence-corrected chi connectivity index (χ2v) is 5.18. The van der Waals surface area contributed by atoms with E-state index in [1.165, 1.54) is 9.80 Å². The quantitative estimate of drug-likeness (QED) is 0.777. The van der Waals surface area contributed by atoms with Gasteiger partial charge >= 0.3 is 12.0 Å². The molecule has 1 rings (SSSR count). The smallest absolute Gasteiger partial charge is 0.323 e. The van der Waals surface area contributed by atoms with Gasteiger partial charge in [0.1, 0.15) is 6.54 Å². The molecule has 0 aromatic heterocycles. The lowest BCUT2D eigenvalue weighted by atomic mass is 9.96. The summed E-state index contributed by atoms with van der Waals surface area (Å²) in [5, 5.41) is 18.6. The summed E-state index contributed by atoms with van der Waals surface area (Å²) in [5.41, 5.74) is 0. The van der Waals surface area contributed by atoms with Crippen molar-refractivity contribution in [3.05, 3.63) is 0 Å². The molecule has 1 aliphatic heterocycles. The Labute approximate surface area is 107 Å². The number of aliphatic hydroxyl groups is 1. The molecular weight excluding hydrogens is 236 g/mol. The Morgan fingerprint density at radius 2 is 2.06 bits per heavy atom. The molecule has 0 saturated carbocycles. The summed E-state index contributed by atoms with van der Waals surface area (Å²) in [5.74, 6) is -0.844. The van der Waals surface area contributed by atoms with Crippen molar-refractivity contribution < 1.29 is 19.8 Å². The van der Waals surface area contributed by atoms with E-state index in [9.17, 15) is 14.7 Å². The predicted molar refractivity (Wildman–Crippen MR) is 66.2 cm³/mol. The fourth-order valence-corrected chi connectivity index (χ4v) is 2.02. The first-order chi connectivity index (χ1) is 8.32. The molecule has 6 heteroatoms. The molecule has 1 saturated heterocycles. The summed E-state index contributed by atoms with van der Waals surface area (Å²) in [4.78, 5) is 25.8. The molecule has 104 valence electrons. The number of urea groups is 1. The summed E-state index contributed by atoms with van der Waals surface area (Å²) >= 11 is 0. The third kappa shape index (κ3) is 3.60. The van der Waals surface area contributed by atoms with Crippen molar-refractivity contribution in [2.75, 3.05) is 19.6 Å². The number of carboxylic acid groups (broad SMARTS) is 1. The van der Waals surface area contributed by atoms with Crippen molar-refractivity contribution in [1.82, 2.24) is 9.80 Å². The van der Waals surface area contributed by atoms with Crippen molar-refractivity contribution in [3.8, 4) is 0 Å². The molecule has 0 aromatic carbocycles. The maximum Gasteiger partial charge on any atom is 0.323 e. The first kappa shape index (κ1) is 14.8. The van der Waals surface area contributed by atoms with E-state index in [0.717, 1.165) is 6.42 Å². The van der Waals surface area contributed by atoms with Crippen LogP contribution in [-0.4, -0.2) is 63.8 Å². The molecule has 0 aromatic rings. The van der Waals surface area contributed by atoms with Crippen molar-refractivity contribution in [3.63, 3.8) is 0 Å². The molecule has 0 spiro atoms. The molecule has 0 aliphatic carbocycles. The second kappa shape index (κ2) is 6.04. The van der Waals surface area contributed by atoms with Crippen molar-refractivity contribution >= 4 is 12.0 Å². The number of likely N-dealkylation sites (tertiary alicyclic amines) is 1. The highest BCUT2D eigenvalue weighted by Gasteiger charge is 2.31. The zero-order valence-electron chi connectivity index (χ0n) is 11.2. The summed E-state index contributed by atoms with van der Waals surface area (Å²) < 4.78 is 0. The van der Waals surface area contributed by atoms with Gasteiger partial charge in [0.25, 0.3) is 0 Å². The first-order valence-electron chi connectivity index (χ1n) is 6.28. The lowest BCUT2D eigenvalue weighted by molar-refractivity contribution is -0.138. The highest BCUT2D eigenvalue weighted by Crippen LogP contribution is 2.18. The van der Waals surface area contributed by atoms with E-state index in [1.54, 1.807) is 13.8 Å². The summed E-state index contributed by atoms with van der Waals surface area (Å²) in [6, 6.07) is -0.483. The number of amides is 2. The monoisotopic (exact) mass is 258 g/mol. The first-order valence-corrected chi connectivity index (χ1v) is 6.28. The van der Waals surface area contributed by atoms with Gasteiger partial charge in [0.15, 0.2) is 0 Å². The topological polar surface area (TPSA) is 81.1 Å². The van der Waals surface area contributed by atoms with Gasteiger partial charge in [-0.05, 0) is 26.2 Å². The Bertz CT molecular complexity index is 319. The Morgan fingerprint density at radius 1 is 1.44 bits per heavy atom. The molecule has 2 atom stereocenters. The molecule has 1 aliphatic rings. The maximum absolute atomic E-state index is 12.2. The van der Waals surface area contributed by atoms with E-state index in [-0.39, 0.29) is 31.1 Å². The molecular formula is C12H22N2O4. The van der Waals surface area contributed by atoms with Crippen LogP contribution < -0.4 is 0 Å². The molecule has 6 nitrogen and oxygen atoms in total. The average Bonchev–Trinajstić information content (AvgIpc) is 2.28. The summed E-state index contributed by atoms with van der Waals surface area (Å²) in [6.45, 7) is 6.05. The fourth-order valence-electron chi connectivity index (χ4n) is 2.02. The second-order valence-electron chi connectivity index (χ2n) is 5.18. The van der Waals surface area contributed by atoms with Crippen LogP contribution in [-0.2, 0) is 4.79 Å². The van der Waals surface area contributed by atoms with Crippen LogP contribution in [0.3, 0.4) is 0 Å². The highest BCUT2D eigenvalue weighted by atomic mass is 16.4. The van der Waals surface area contributed by atoms with Gasteiger partial charge in [-0.2, -0.15) is 0 Å². The number of nitrogens with zero attached hydrogens (tertiary/aromatic N) is 2. The lowest BCUT2D eigenvalue weighted by Gasteiger charge is -2.38. The van der Waals surface area contributed by atoms with Crippen LogP contribution in [0.15, 0.2) is 0 Å². The molecule has 2 amide bonds. The van der Waals surface area contributed by atoms with E-state index >= 15 is 0 Å². The van der Waals surface area contributed by atoms with E-state index in [4.69, 9.17) is 5.11 Å². The minimum atomic E-state index is -1.03. The Kier molecular flexibility index (Phi) is 4.95. The number of hydrogen-bond acceptors (Lipinski definition) is 3. The third-order valence-electron chi connectivity index (χ3n) is 3.36. The van der Waals surface area contributed by atoms with Crippen LogP contribution in [0.4, 0.5) is 4.79 Å². The van der Waals surface area contributed by atoms with Crippen LogP contribution in [0.1, 0.15) is 27.2 Å². The molecule has 0 bridgehead atoms. The Balaban J connectivity index is 2.68. The van der Waals surface area contributed by atoms with Gasteiger partial charge in [0, 0.05) is 19.1 Å². The van der Waals surface area contributed by atoms with Gasteiger partial charge in [0.2, 0.25) is 0 Å². The normalized spacial score (nSPS) is 24.2. The molecule has 1 heterocycles. The molecule has 1 fully saturated rings. The van der Waals surface area contributed by atoms with Crippen molar-refractivity contribution in [2.45, 2.75) is 39.3 Å². The van der Waals surface area contributed by atoms with Crippen LogP contribution in [0.25, 0.3) is 0 Å². The predicted octanol–water partition coefficient (Wildman–Crippen LogP) is 0.604. The Morgan fingerprint density at radius 3 is 2.50 bits per heavy atom. The number of β-amino-alcohol motifs (C(OH)–C–C–N with tert-alkyl or cyclic N) is 1. The third-order valence-corrected chi connectivity index (χ3v) is 3.36. The minimum Gasteiger partial charge on any atom is -0.480 e. The zero-order chi connectivity index (χ0) is 13.9. The van der Waals surface area contributed by atoms with Gasteiger partial charge in [-0.15, -0.1) is 0 Å². The number of carboxylic acids is 1. The van der Waals surface area contributed by atoms with E-state index in [2.05, 4.69) is 0 Å². The Hall–Kier alpha value is -1.30. The minimum absolute atomic E-state index is 0.176. The number of carbonyl (C=O) groups is 2. The highest BCUT2D eigenvalue weighted by molar-refractivity contribution is 5.80. The maximum atomic E-state index is 12.2. The number of carbonyl (C=O) groups excluding carboxylic acids is 1. The van der Waals surface area contributed by atoms with Gasteiger partial charge < -0.3 is 20.0 Å². The fraction of sp³-hybridized carbons (Fsp3) is 0.833. The molecule has 0 radical (unpaired) electrons. The molecule has 2 N–H and O–H groups in total. The van der Waals surface area contributed by atoms with Crippen LogP contribution in [0.5, 0.6) is 0 Å². The summed E-state index contributed by atoms with van der Waals surface area (Å²) in [7, 11) is 0. The van der Waals surface area contributed by atoms with Crippen molar-refractivity contribution in [2.24, 2.45) is 5.92 Å². The average molecular weight is 258 g/mol. The molecule has 18 heavy (non-hydrogen) atoms. The van der Waals surface area contributed by atoms with Crippen molar-refractivity contribution in [1.29, 1.82) is 0 Å². The number of rotatable bonds is 3.